The average molecular weight is 346 g/mol. The molecule has 0 aliphatic carbocycles. The molecule has 8 heteroatoms. The Bertz CT molecular complexity index is 1320. The number of nitrogens with one attached hydrogen (secondary N) is 1. The van der Waals surface area contributed by atoms with Crippen LogP contribution < -0.4 is 5.69 Å². The molecule has 3 heterocycles. The lowest BCUT2D eigenvalue weighted by Crippen LogP contribution is -2.15. The van der Waals surface area contributed by atoms with Crippen molar-refractivity contribution < 1.29 is 4.39 Å². The lowest BCUT2D eigenvalue weighted by Gasteiger charge is -2.05. The van der Waals surface area contributed by atoms with Gasteiger partial charge in [-0.3, -0.25) is 4.57 Å². The van der Waals surface area contributed by atoms with Gasteiger partial charge in [-0.05, 0) is 24.3 Å². The van der Waals surface area contributed by atoms with Gasteiger partial charge < -0.3 is 4.98 Å². The van der Waals surface area contributed by atoms with Crippen LogP contribution in [0.1, 0.15) is 0 Å². The van der Waals surface area contributed by atoms with Crippen LogP contribution in [0.4, 0.5) is 4.39 Å². The maximum Gasteiger partial charge on any atom is 0.332 e. The van der Waals surface area contributed by atoms with Gasteiger partial charge in [0.05, 0.1) is 22.9 Å². The number of nitrogens with zero attached hydrogens (tertiary/aromatic N) is 5. The molecule has 0 spiro atoms. The Hall–Kier alpha value is -3.81. The number of H-pyrrole nitrogens is 1. The first-order valence-electron chi connectivity index (χ1n) is 7.87. The van der Waals surface area contributed by atoms with Crippen molar-refractivity contribution in [2.24, 2.45) is 0 Å². The van der Waals surface area contributed by atoms with Gasteiger partial charge in [0, 0.05) is 6.07 Å². The van der Waals surface area contributed by atoms with E-state index >= 15 is 0 Å². The number of imidazole rings is 2. The third-order valence-corrected chi connectivity index (χ3v) is 4.15. The Kier molecular flexibility index (Phi) is 2.99. The molecule has 0 saturated heterocycles. The highest BCUT2D eigenvalue weighted by atomic mass is 19.1. The SMILES string of the molecule is O=c1[nH]c2cnc(-n3cnc4cc(F)ccc43)nc2n1-c1ccccc1. The Labute approximate surface area is 145 Å². The number of para-hydroxylation sites is 1. The second-order valence-corrected chi connectivity index (χ2v) is 5.76. The van der Waals surface area contributed by atoms with Crippen molar-refractivity contribution in [1.82, 2.24) is 29.1 Å². The molecule has 5 rings (SSSR count). The fraction of sp³-hybridized carbons (Fsp3) is 0. The second-order valence-electron chi connectivity index (χ2n) is 5.76. The van der Waals surface area contributed by atoms with Crippen molar-refractivity contribution in [3.8, 4) is 11.6 Å². The van der Waals surface area contributed by atoms with Gasteiger partial charge in [0.25, 0.3) is 0 Å². The van der Waals surface area contributed by atoms with Gasteiger partial charge >= 0.3 is 5.69 Å². The van der Waals surface area contributed by atoms with Crippen LogP contribution in [0.25, 0.3) is 33.8 Å². The summed E-state index contributed by atoms with van der Waals surface area (Å²) in [6, 6.07) is 13.5. The number of aromatic amines is 1. The quantitative estimate of drug-likeness (QED) is 0.533. The lowest BCUT2D eigenvalue weighted by atomic mass is 10.3. The molecule has 0 fully saturated rings. The molecule has 2 aromatic carbocycles. The van der Waals surface area contributed by atoms with Crippen molar-refractivity contribution in [1.29, 1.82) is 0 Å². The van der Waals surface area contributed by atoms with E-state index in [1.54, 1.807) is 16.8 Å². The van der Waals surface area contributed by atoms with Crippen LogP contribution in [0.2, 0.25) is 0 Å². The number of rotatable bonds is 2. The number of halogens is 1. The predicted octanol–water partition coefficient (Wildman–Crippen LogP) is 2.59. The third kappa shape index (κ3) is 2.12. The van der Waals surface area contributed by atoms with Crippen molar-refractivity contribution in [2.45, 2.75) is 0 Å². The van der Waals surface area contributed by atoms with E-state index in [0.717, 1.165) is 0 Å². The molecule has 0 radical (unpaired) electrons. The number of aromatic nitrogens is 6. The minimum Gasteiger partial charge on any atom is -0.303 e. The zero-order chi connectivity index (χ0) is 17.7. The first-order valence-corrected chi connectivity index (χ1v) is 7.87. The minimum atomic E-state index is -0.359. The van der Waals surface area contributed by atoms with Crippen molar-refractivity contribution in [3.63, 3.8) is 0 Å². The molecule has 3 aromatic heterocycles. The zero-order valence-electron chi connectivity index (χ0n) is 13.3. The standard InChI is InChI=1S/C18H11FN6O/c19-11-6-7-15-13(8-11)21-10-24(15)17-20-9-14-16(23-17)25(18(26)22-14)12-4-2-1-3-5-12/h1-10H,(H,22,26). The molecule has 5 aromatic rings. The highest BCUT2D eigenvalue weighted by Crippen LogP contribution is 2.19. The molecule has 0 atom stereocenters. The molecular weight excluding hydrogens is 335 g/mol. The van der Waals surface area contributed by atoms with Crippen LogP contribution >= 0.6 is 0 Å². The van der Waals surface area contributed by atoms with E-state index in [4.69, 9.17) is 0 Å². The maximum atomic E-state index is 13.4. The second kappa shape index (κ2) is 5.35. The summed E-state index contributed by atoms with van der Waals surface area (Å²) in [7, 11) is 0. The fourth-order valence-corrected chi connectivity index (χ4v) is 2.97. The van der Waals surface area contributed by atoms with E-state index in [-0.39, 0.29) is 11.5 Å². The molecule has 0 bridgehead atoms. The van der Waals surface area contributed by atoms with Crippen LogP contribution in [0, 0.1) is 5.82 Å². The smallest absolute Gasteiger partial charge is 0.303 e. The number of fused-ring (bicyclic) bond motifs is 2. The molecule has 1 N–H and O–H groups in total. The van der Waals surface area contributed by atoms with Crippen LogP contribution in [0.3, 0.4) is 0 Å². The Morgan fingerprint density at radius 3 is 2.73 bits per heavy atom. The van der Waals surface area contributed by atoms with E-state index in [1.807, 2.05) is 30.3 Å². The summed E-state index contributed by atoms with van der Waals surface area (Å²) in [4.78, 5) is 28.1. The Morgan fingerprint density at radius 2 is 1.88 bits per heavy atom. The van der Waals surface area contributed by atoms with Crippen LogP contribution in [-0.2, 0) is 0 Å². The monoisotopic (exact) mass is 346 g/mol. The lowest BCUT2D eigenvalue weighted by molar-refractivity contribution is 0.629. The summed E-state index contributed by atoms with van der Waals surface area (Å²) in [5, 5.41) is 0. The van der Waals surface area contributed by atoms with Gasteiger partial charge in [0.2, 0.25) is 5.95 Å². The van der Waals surface area contributed by atoms with Crippen molar-refractivity contribution >= 4 is 22.2 Å². The number of benzene rings is 2. The van der Waals surface area contributed by atoms with Gasteiger partial charge in [-0.1, -0.05) is 18.2 Å². The van der Waals surface area contributed by atoms with E-state index in [0.29, 0.717) is 33.8 Å². The Balaban J connectivity index is 1.76. The van der Waals surface area contributed by atoms with Gasteiger partial charge in [0.15, 0.2) is 5.65 Å². The summed E-state index contributed by atoms with van der Waals surface area (Å²) in [6.07, 6.45) is 3.08. The van der Waals surface area contributed by atoms with Crippen molar-refractivity contribution in [3.05, 3.63) is 77.4 Å². The van der Waals surface area contributed by atoms with Gasteiger partial charge in [-0.25, -0.2) is 23.7 Å². The van der Waals surface area contributed by atoms with E-state index < -0.39 is 0 Å². The summed E-state index contributed by atoms with van der Waals surface area (Å²) >= 11 is 0. The number of hydrogen-bond acceptors (Lipinski definition) is 4. The summed E-state index contributed by atoms with van der Waals surface area (Å²) < 4.78 is 16.5. The summed E-state index contributed by atoms with van der Waals surface area (Å²) in [5.41, 5.74) is 2.56. The summed E-state index contributed by atoms with van der Waals surface area (Å²) in [6.45, 7) is 0. The molecule has 0 unspecified atom stereocenters. The van der Waals surface area contributed by atoms with Gasteiger partial charge in [0.1, 0.15) is 17.7 Å². The topological polar surface area (TPSA) is 81.4 Å². The number of hydrogen-bond donors (Lipinski definition) is 1. The van der Waals surface area contributed by atoms with E-state index in [1.165, 1.54) is 23.0 Å². The molecule has 0 aliphatic rings. The molecule has 0 amide bonds. The van der Waals surface area contributed by atoms with Crippen molar-refractivity contribution in [2.75, 3.05) is 0 Å². The first kappa shape index (κ1) is 14.5. The van der Waals surface area contributed by atoms with E-state index in [9.17, 15) is 9.18 Å². The van der Waals surface area contributed by atoms with E-state index in [2.05, 4.69) is 19.9 Å². The minimum absolute atomic E-state index is 0.296. The highest BCUT2D eigenvalue weighted by Gasteiger charge is 2.14. The van der Waals surface area contributed by atoms with Crippen LogP contribution in [-0.4, -0.2) is 29.1 Å². The molecule has 0 saturated carbocycles. The molecule has 26 heavy (non-hydrogen) atoms. The maximum absolute atomic E-state index is 13.4. The largest absolute Gasteiger partial charge is 0.332 e. The normalized spacial score (nSPS) is 11.4. The molecule has 126 valence electrons. The van der Waals surface area contributed by atoms with Crippen LogP contribution in [0.5, 0.6) is 0 Å². The summed E-state index contributed by atoms with van der Waals surface area (Å²) in [5.74, 6) is -0.0158. The first-order chi connectivity index (χ1) is 12.7. The van der Waals surface area contributed by atoms with Gasteiger partial charge in [-0.2, -0.15) is 4.98 Å². The third-order valence-electron chi connectivity index (χ3n) is 4.15. The predicted molar refractivity (Wildman–Crippen MR) is 94.1 cm³/mol. The average Bonchev–Trinajstić information content (AvgIpc) is 3.21. The molecule has 0 aliphatic heterocycles. The fourth-order valence-electron chi connectivity index (χ4n) is 2.97. The molecular formula is C18H11FN6O. The highest BCUT2D eigenvalue weighted by molar-refractivity contribution is 5.78. The Morgan fingerprint density at radius 1 is 1.04 bits per heavy atom. The zero-order valence-corrected chi connectivity index (χ0v) is 13.3. The molecule has 7 nitrogen and oxygen atoms in total. The van der Waals surface area contributed by atoms with Crippen LogP contribution in [0.15, 0.2) is 65.8 Å². The van der Waals surface area contributed by atoms with Gasteiger partial charge in [-0.15, -0.1) is 0 Å².